The topological polar surface area (TPSA) is 61.5 Å². The Morgan fingerprint density at radius 3 is 2.45 bits per heavy atom. The zero-order chi connectivity index (χ0) is 8.16. The average molecular weight is 154 g/mol. The summed E-state index contributed by atoms with van der Waals surface area (Å²) in [6.07, 6.45) is 1.58. The third-order valence-corrected chi connectivity index (χ3v) is 1.47. The number of hydrogen-bond donors (Lipinski definition) is 1. The fourth-order valence-electron chi connectivity index (χ4n) is 0.792. The molecule has 61 valence electrons. The maximum atomic E-state index is 3.84. The number of nitrogens with zero attached hydrogens (tertiary/aromatic N) is 4. The van der Waals surface area contributed by atoms with Crippen LogP contribution in [0.1, 0.15) is 19.8 Å². The highest BCUT2D eigenvalue weighted by atomic mass is 15.6. The molecule has 0 saturated heterocycles. The quantitative estimate of drug-likeness (QED) is 0.658. The van der Waals surface area contributed by atoms with Crippen molar-refractivity contribution < 1.29 is 0 Å². The van der Waals surface area contributed by atoms with E-state index in [4.69, 9.17) is 0 Å². The van der Waals surface area contributed by atoms with E-state index in [2.05, 4.69) is 39.8 Å². The van der Waals surface area contributed by atoms with Crippen LogP contribution in [0, 0.1) is 6.92 Å². The van der Waals surface area contributed by atoms with Crippen LogP contribution in [0.15, 0.2) is 20.7 Å². The van der Waals surface area contributed by atoms with Crippen LogP contribution in [0.2, 0.25) is 0 Å². The van der Waals surface area contributed by atoms with Crippen molar-refractivity contribution in [3.63, 3.8) is 0 Å². The normalized spacial score (nSPS) is 19.5. The molecule has 5 heteroatoms. The van der Waals surface area contributed by atoms with Gasteiger partial charge >= 0.3 is 0 Å². The largest absolute Gasteiger partial charge is 0.272 e. The maximum absolute atomic E-state index is 3.84. The van der Waals surface area contributed by atoms with E-state index in [1.54, 1.807) is 0 Å². The predicted molar refractivity (Wildman–Crippen MR) is 40.7 cm³/mol. The Morgan fingerprint density at radius 1 is 1.36 bits per heavy atom. The third kappa shape index (κ3) is 1.80. The average Bonchev–Trinajstić information content (AvgIpc) is 2.50. The van der Waals surface area contributed by atoms with Crippen molar-refractivity contribution >= 4 is 0 Å². The molecule has 0 aromatic rings. The van der Waals surface area contributed by atoms with E-state index in [1.807, 2.05) is 0 Å². The van der Waals surface area contributed by atoms with Gasteiger partial charge in [0.05, 0.1) is 0 Å². The molecule has 11 heavy (non-hydrogen) atoms. The molecule has 0 spiro atoms. The zero-order valence-corrected chi connectivity index (χ0v) is 6.62. The molecule has 1 rings (SSSR count). The fourth-order valence-corrected chi connectivity index (χ4v) is 0.792. The van der Waals surface area contributed by atoms with Gasteiger partial charge in [-0.1, -0.05) is 6.92 Å². The Bertz CT molecular complexity index is 162. The summed E-state index contributed by atoms with van der Waals surface area (Å²) in [6.45, 7) is 6.65. The molecule has 1 heterocycles. The van der Waals surface area contributed by atoms with E-state index in [-0.39, 0.29) is 0 Å². The molecule has 1 aliphatic rings. The second-order valence-electron chi connectivity index (χ2n) is 2.37. The van der Waals surface area contributed by atoms with Gasteiger partial charge in [0.25, 0.3) is 0 Å². The molecule has 0 unspecified atom stereocenters. The minimum atomic E-state index is -0.657. The molecule has 0 saturated carbocycles. The summed E-state index contributed by atoms with van der Waals surface area (Å²) >= 11 is 0. The van der Waals surface area contributed by atoms with Crippen LogP contribution in [0.4, 0.5) is 0 Å². The third-order valence-electron chi connectivity index (χ3n) is 1.47. The van der Waals surface area contributed by atoms with E-state index in [1.165, 1.54) is 0 Å². The van der Waals surface area contributed by atoms with Crippen molar-refractivity contribution in [2.75, 3.05) is 6.54 Å². The molecule has 0 aromatic heterocycles. The number of hydrogen-bond acceptors (Lipinski definition) is 5. The minimum absolute atomic E-state index is 0.542. The number of rotatable bonds is 4. The SMILES string of the molecule is [CH2]CC1(NCCC)N=NN=N1. The summed E-state index contributed by atoms with van der Waals surface area (Å²) < 4.78 is 0. The van der Waals surface area contributed by atoms with Gasteiger partial charge in [-0.3, -0.25) is 5.32 Å². The first kappa shape index (κ1) is 8.26. The van der Waals surface area contributed by atoms with Crippen LogP contribution in [0.25, 0.3) is 0 Å². The zero-order valence-electron chi connectivity index (χ0n) is 6.62. The van der Waals surface area contributed by atoms with Crippen molar-refractivity contribution in [2.45, 2.75) is 25.6 Å². The monoisotopic (exact) mass is 154 g/mol. The molecular formula is C6H12N5. The van der Waals surface area contributed by atoms with E-state index < -0.39 is 5.79 Å². The van der Waals surface area contributed by atoms with Gasteiger partial charge in [0.1, 0.15) is 0 Å². The highest BCUT2D eigenvalue weighted by molar-refractivity contribution is 4.82. The Balaban J connectivity index is 2.47. The molecule has 0 fully saturated rings. The van der Waals surface area contributed by atoms with Gasteiger partial charge in [-0.2, -0.15) is 0 Å². The van der Waals surface area contributed by atoms with E-state index in [0.717, 1.165) is 13.0 Å². The molecule has 1 radical (unpaired) electrons. The van der Waals surface area contributed by atoms with E-state index in [9.17, 15) is 0 Å². The van der Waals surface area contributed by atoms with Crippen LogP contribution in [-0.4, -0.2) is 12.3 Å². The summed E-state index contributed by atoms with van der Waals surface area (Å²) in [6, 6.07) is 0. The molecule has 5 nitrogen and oxygen atoms in total. The van der Waals surface area contributed by atoms with Gasteiger partial charge in [-0.25, -0.2) is 0 Å². The minimum Gasteiger partial charge on any atom is -0.272 e. The maximum Gasteiger partial charge on any atom is 0.247 e. The molecule has 0 bridgehead atoms. The van der Waals surface area contributed by atoms with Crippen molar-refractivity contribution in [2.24, 2.45) is 20.7 Å². The molecule has 0 aromatic carbocycles. The van der Waals surface area contributed by atoms with Crippen LogP contribution < -0.4 is 5.32 Å². The van der Waals surface area contributed by atoms with Crippen molar-refractivity contribution in [3.8, 4) is 0 Å². The van der Waals surface area contributed by atoms with Crippen LogP contribution in [0.3, 0.4) is 0 Å². The summed E-state index contributed by atoms with van der Waals surface area (Å²) in [5.74, 6) is -0.657. The second-order valence-corrected chi connectivity index (χ2v) is 2.37. The predicted octanol–water partition coefficient (Wildman–Crippen LogP) is 1.70. The Kier molecular flexibility index (Phi) is 2.64. The Morgan fingerprint density at radius 2 is 2.00 bits per heavy atom. The highest BCUT2D eigenvalue weighted by Crippen LogP contribution is 2.19. The summed E-state index contributed by atoms with van der Waals surface area (Å²) in [5.41, 5.74) is 0. The van der Waals surface area contributed by atoms with Crippen molar-refractivity contribution in [3.05, 3.63) is 6.92 Å². The van der Waals surface area contributed by atoms with Gasteiger partial charge < -0.3 is 0 Å². The summed E-state index contributed by atoms with van der Waals surface area (Å²) in [4.78, 5) is 0. The van der Waals surface area contributed by atoms with Gasteiger partial charge in [0.15, 0.2) is 0 Å². The first-order valence-electron chi connectivity index (χ1n) is 3.71. The molecule has 1 N–H and O–H groups in total. The Hall–Kier alpha value is -0.840. The van der Waals surface area contributed by atoms with Gasteiger partial charge in [-0.15, -0.1) is 10.2 Å². The molecule has 0 atom stereocenters. The molecule has 0 amide bonds. The lowest BCUT2D eigenvalue weighted by Crippen LogP contribution is -2.39. The van der Waals surface area contributed by atoms with Gasteiger partial charge in [-0.05, 0) is 30.3 Å². The lowest BCUT2D eigenvalue weighted by Gasteiger charge is -2.18. The highest BCUT2D eigenvalue weighted by Gasteiger charge is 2.29. The van der Waals surface area contributed by atoms with Gasteiger partial charge in [0, 0.05) is 6.42 Å². The summed E-state index contributed by atoms with van der Waals surface area (Å²) in [5, 5.41) is 17.7. The van der Waals surface area contributed by atoms with Crippen LogP contribution >= 0.6 is 0 Å². The van der Waals surface area contributed by atoms with Crippen LogP contribution in [0.5, 0.6) is 0 Å². The molecule has 1 aliphatic heterocycles. The second kappa shape index (κ2) is 3.52. The van der Waals surface area contributed by atoms with Gasteiger partial charge in [0.2, 0.25) is 5.79 Å². The molecular weight excluding hydrogens is 142 g/mol. The fraction of sp³-hybridized carbons (Fsp3) is 0.833. The van der Waals surface area contributed by atoms with Crippen molar-refractivity contribution in [1.82, 2.24) is 5.32 Å². The Labute approximate surface area is 66.0 Å². The first-order valence-corrected chi connectivity index (χ1v) is 3.71. The standard InChI is InChI=1S/C6H12N5/c1-3-5-7-6(4-2)8-10-11-9-6/h7H,2-5H2,1H3. The van der Waals surface area contributed by atoms with E-state index >= 15 is 0 Å². The van der Waals surface area contributed by atoms with Crippen molar-refractivity contribution in [1.29, 1.82) is 0 Å². The first-order chi connectivity index (χ1) is 5.33. The van der Waals surface area contributed by atoms with Crippen LogP contribution in [-0.2, 0) is 0 Å². The molecule has 0 aliphatic carbocycles. The lowest BCUT2D eigenvalue weighted by molar-refractivity contribution is 0.350. The lowest BCUT2D eigenvalue weighted by atomic mass is 10.3. The number of nitrogens with one attached hydrogen (secondary N) is 1. The van der Waals surface area contributed by atoms with E-state index in [0.29, 0.717) is 6.42 Å². The summed E-state index contributed by atoms with van der Waals surface area (Å²) in [7, 11) is 0. The smallest absolute Gasteiger partial charge is 0.247 e.